The van der Waals surface area contributed by atoms with E-state index in [1.165, 1.54) is 5.56 Å². The summed E-state index contributed by atoms with van der Waals surface area (Å²) in [5, 5.41) is 8.90. The number of nitrogens with one attached hydrogen (secondary N) is 1. The Hall–Kier alpha value is -1.03. The zero-order valence-electron chi connectivity index (χ0n) is 11.0. The first-order valence-electron chi connectivity index (χ1n) is 6.27. The van der Waals surface area contributed by atoms with Crippen LogP contribution >= 0.6 is 23.2 Å². The van der Waals surface area contributed by atoms with Gasteiger partial charge in [-0.25, -0.2) is 0 Å². The molecule has 2 aromatic rings. The van der Waals surface area contributed by atoms with Gasteiger partial charge in [-0.15, -0.1) is 0 Å². The molecule has 0 radical (unpaired) electrons. The third-order valence-electron chi connectivity index (χ3n) is 3.09. The molecule has 1 N–H and O–H groups in total. The van der Waals surface area contributed by atoms with E-state index in [1.807, 2.05) is 30.1 Å². The number of benzene rings is 1. The summed E-state index contributed by atoms with van der Waals surface area (Å²) >= 11 is 12.1. The summed E-state index contributed by atoms with van der Waals surface area (Å²) in [6.45, 7) is 2.95. The summed E-state index contributed by atoms with van der Waals surface area (Å²) in [5.74, 6) is 0. The van der Waals surface area contributed by atoms with Crippen LogP contribution in [0.15, 0.2) is 30.6 Å². The highest BCUT2D eigenvalue weighted by atomic mass is 35.5. The number of hydrogen-bond acceptors (Lipinski definition) is 2. The molecule has 1 heterocycles. The molecule has 0 aliphatic carbocycles. The first-order chi connectivity index (χ1) is 9.12. The number of aromatic nitrogens is 2. The number of rotatable bonds is 5. The maximum absolute atomic E-state index is 6.05. The fourth-order valence-corrected chi connectivity index (χ4v) is 2.63. The predicted octanol–water partition coefficient (Wildman–Crippen LogP) is 3.71. The summed E-state index contributed by atoms with van der Waals surface area (Å²) in [4.78, 5) is 0. The van der Waals surface area contributed by atoms with Crippen molar-refractivity contribution in [1.29, 1.82) is 0 Å². The van der Waals surface area contributed by atoms with Gasteiger partial charge in [-0.1, -0.05) is 23.2 Å². The van der Waals surface area contributed by atoms with Gasteiger partial charge in [-0.2, -0.15) is 5.10 Å². The average molecular weight is 298 g/mol. The average Bonchev–Trinajstić information content (AvgIpc) is 2.82. The van der Waals surface area contributed by atoms with Crippen LogP contribution in [0, 0.1) is 0 Å². The molecule has 0 bridgehead atoms. The van der Waals surface area contributed by atoms with Gasteiger partial charge < -0.3 is 5.32 Å². The lowest BCUT2D eigenvalue weighted by molar-refractivity contribution is 0.591. The smallest absolute Gasteiger partial charge is 0.0522 e. The summed E-state index contributed by atoms with van der Waals surface area (Å²) in [7, 11) is 1.93. The van der Waals surface area contributed by atoms with Gasteiger partial charge in [0.05, 0.1) is 6.20 Å². The Morgan fingerprint density at radius 2 is 1.95 bits per heavy atom. The van der Waals surface area contributed by atoms with E-state index in [-0.39, 0.29) is 6.04 Å². The molecule has 1 atom stereocenters. The van der Waals surface area contributed by atoms with E-state index in [9.17, 15) is 0 Å². The quantitative estimate of drug-likeness (QED) is 0.912. The van der Waals surface area contributed by atoms with Gasteiger partial charge in [0.1, 0.15) is 0 Å². The maximum atomic E-state index is 6.05. The molecule has 1 unspecified atom stereocenters. The second kappa shape index (κ2) is 6.42. The lowest BCUT2D eigenvalue weighted by atomic mass is 10.0. The first kappa shape index (κ1) is 14.4. The normalized spacial score (nSPS) is 12.6. The zero-order chi connectivity index (χ0) is 13.8. The number of likely N-dealkylation sites (N-methyl/N-ethyl adjacent to an activating group) is 1. The molecule has 2 rings (SSSR count). The molecule has 19 heavy (non-hydrogen) atoms. The number of nitrogens with zero attached hydrogens (tertiary/aromatic N) is 2. The van der Waals surface area contributed by atoms with Gasteiger partial charge in [0, 0.05) is 28.8 Å². The van der Waals surface area contributed by atoms with Crippen molar-refractivity contribution in [2.45, 2.75) is 25.9 Å². The number of halogens is 2. The van der Waals surface area contributed by atoms with Crippen LogP contribution < -0.4 is 5.32 Å². The van der Waals surface area contributed by atoms with E-state index in [0.29, 0.717) is 10.0 Å². The summed E-state index contributed by atoms with van der Waals surface area (Å²) < 4.78 is 1.92. The van der Waals surface area contributed by atoms with E-state index in [2.05, 4.69) is 23.5 Å². The van der Waals surface area contributed by atoms with Gasteiger partial charge in [0.15, 0.2) is 0 Å². The molecular formula is C14H17Cl2N3. The van der Waals surface area contributed by atoms with E-state index in [1.54, 1.807) is 6.07 Å². The molecule has 3 nitrogen and oxygen atoms in total. The van der Waals surface area contributed by atoms with Crippen LogP contribution in [0.1, 0.15) is 24.1 Å². The largest absolute Gasteiger partial charge is 0.313 e. The monoisotopic (exact) mass is 297 g/mol. The van der Waals surface area contributed by atoms with Gasteiger partial charge in [-0.05, 0) is 49.7 Å². The minimum Gasteiger partial charge on any atom is -0.313 e. The van der Waals surface area contributed by atoms with Crippen molar-refractivity contribution in [3.63, 3.8) is 0 Å². The molecule has 0 spiro atoms. The van der Waals surface area contributed by atoms with E-state index < -0.39 is 0 Å². The molecule has 1 aromatic carbocycles. The van der Waals surface area contributed by atoms with Crippen molar-refractivity contribution < 1.29 is 0 Å². The summed E-state index contributed by atoms with van der Waals surface area (Å²) in [6, 6.07) is 5.80. The van der Waals surface area contributed by atoms with Crippen LogP contribution in [0.4, 0.5) is 0 Å². The fourth-order valence-electron chi connectivity index (χ4n) is 2.08. The van der Waals surface area contributed by atoms with Crippen molar-refractivity contribution in [1.82, 2.24) is 15.1 Å². The van der Waals surface area contributed by atoms with Gasteiger partial charge >= 0.3 is 0 Å². The van der Waals surface area contributed by atoms with E-state index in [4.69, 9.17) is 23.2 Å². The van der Waals surface area contributed by atoms with Gasteiger partial charge in [-0.3, -0.25) is 4.68 Å². The molecule has 0 amide bonds. The lowest BCUT2D eigenvalue weighted by Crippen LogP contribution is -2.18. The zero-order valence-corrected chi connectivity index (χ0v) is 12.5. The van der Waals surface area contributed by atoms with Crippen LogP contribution in [-0.2, 0) is 13.0 Å². The molecule has 0 saturated heterocycles. The number of hydrogen-bond donors (Lipinski definition) is 1. The predicted molar refractivity (Wildman–Crippen MR) is 79.9 cm³/mol. The summed E-state index contributed by atoms with van der Waals surface area (Å²) in [6.07, 6.45) is 4.82. The van der Waals surface area contributed by atoms with Crippen molar-refractivity contribution >= 4 is 23.2 Å². The first-order valence-corrected chi connectivity index (χ1v) is 7.02. The van der Waals surface area contributed by atoms with Gasteiger partial charge in [0.25, 0.3) is 0 Å². The van der Waals surface area contributed by atoms with Crippen molar-refractivity contribution in [2.75, 3.05) is 7.05 Å². The van der Waals surface area contributed by atoms with Crippen molar-refractivity contribution in [3.8, 4) is 0 Å². The van der Waals surface area contributed by atoms with Crippen LogP contribution in [0.2, 0.25) is 10.0 Å². The van der Waals surface area contributed by atoms with Crippen LogP contribution in [0.25, 0.3) is 0 Å². The molecule has 0 saturated carbocycles. The lowest BCUT2D eigenvalue weighted by Gasteiger charge is -2.16. The Morgan fingerprint density at radius 3 is 2.47 bits per heavy atom. The Bertz CT molecular complexity index is 531. The van der Waals surface area contributed by atoms with Crippen molar-refractivity contribution in [3.05, 3.63) is 51.8 Å². The van der Waals surface area contributed by atoms with E-state index >= 15 is 0 Å². The van der Waals surface area contributed by atoms with Crippen LogP contribution in [-0.4, -0.2) is 16.8 Å². The highest BCUT2D eigenvalue weighted by Gasteiger charge is 2.12. The minimum atomic E-state index is 0.172. The standard InChI is InChI=1S/C14H17Cl2N3/c1-3-19-9-10(8-18-19)4-14(17-2)11-5-12(15)7-13(16)6-11/h5-9,14,17H,3-4H2,1-2H3. The SMILES string of the molecule is CCn1cc(CC(NC)c2cc(Cl)cc(Cl)c2)cn1. The molecular weight excluding hydrogens is 281 g/mol. The minimum absolute atomic E-state index is 0.172. The molecule has 5 heteroatoms. The van der Waals surface area contributed by atoms with Crippen LogP contribution in [0.5, 0.6) is 0 Å². The van der Waals surface area contributed by atoms with Gasteiger partial charge in [0.2, 0.25) is 0 Å². The third kappa shape index (κ3) is 3.72. The van der Waals surface area contributed by atoms with E-state index in [0.717, 1.165) is 18.5 Å². The second-order valence-electron chi connectivity index (χ2n) is 4.45. The van der Waals surface area contributed by atoms with Crippen molar-refractivity contribution in [2.24, 2.45) is 0 Å². The summed E-state index contributed by atoms with van der Waals surface area (Å²) in [5.41, 5.74) is 2.28. The molecule has 0 fully saturated rings. The Morgan fingerprint density at radius 1 is 1.26 bits per heavy atom. The topological polar surface area (TPSA) is 29.9 Å². The maximum Gasteiger partial charge on any atom is 0.0522 e. The highest BCUT2D eigenvalue weighted by Crippen LogP contribution is 2.25. The second-order valence-corrected chi connectivity index (χ2v) is 5.33. The third-order valence-corrected chi connectivity index (χ3v) is 3.52. The fraction of sp³-hybridized carbons (Fsp3) is 0.357. The molecule has 1 aromatic heterocycles. The Kier molecular flexibility index (Phi) is 4.86. The number of aryl methyl sites for hydroxylation is 1. The van der Waals surface area contributed by atoms with Crippen LogP contribution in [0.3, 0.4) is 0 Å². The molecule has 102 valence electrons. The highest BCUT2D eigenvalue weighted by molar-refractivity contribution is 6.34. The molecule has 0 aliphatic heterocycles. The Balaban J connectivity index is 2.19. The molecule has 0 aliphatic rings. The Labute approximate surface area is 123 Å².